The van der Waals surface area contributed by atoms with Crippen molar-refractivity contribution in [2.24, 2.45) is 0 Å². The van der Waals surface area contributed by atoms with E-state index in [1.807, 2.05) is 25.1 Å². The lowest BCUT2D eigenvalue weighted by molar-refractivity contribution is -0.122. The summed E-state index contributed by atoms with van der Waals surface area (Å²) in [6, 6.07) is 12.7. The monoisotopic (exact) mass is 355 g/mol. The van der Waals surface area contributed by atoms with Crippen LogP contribution in [0.3, 0.4) is 0 Å². The Labute approximate surface area is 154 Å². The van der Waals surface area contributed by atoms with Crippen molar-refractivity contribution < 1.29 is 19.1 Å². The Hall–Kier alpha value is -2.82. The molecule has 2 aromatic rings. The number of hydrogen-bond acceptors (Lipinski definition) is 4. The minimum Gasteiger partial charge on any atom is -0.481 e. The predicted molar refractivity (Wildman–Crippen MR) is 102 cm³/mol. The zero-order valence-electron chi connectivity index (χ0n) is 15.8. The van der Waals surface area contributed by atoms with Gasteiger partial charge in [-0.2, -0.15) is 0 Å². The van der Waals surface area contributed by atoms with Crippen molar-refractivity contribution in [1.82, 2.24) is 0 Å². The molecule has 2 rings (SSSR count). The quantitative estimate of drug-likeness (QED) is 0.784. The maximum atomic E-state index is 12.6. The Kier molecular flexibility index (Phi) is 6.39. The molecule has 26 heavy (non-hydrogen) atoms. The fourth-order valence-electron chi connectivity index (χ4n) is 2.58. The van der Waals surface area contributed by atoms with Gasteiger partial charge in [0.05, 0.1) is 18.4 Å². The van der Waals surface area contributed by atoms with Gasteiger partial charge in [0, 0.05) is 0 Å². The molecule has 138 valence electrons. The number of rotatable bonds is 6. The van der Waals surface area contributed by atoms with E-state index in [2.05, 4.69) is 19.2 Å². The van der Waals surface area contributed by atoms with Gasteiger partial charge in [-0.05, 0) is 49.1 Å². The molecular formula is C21H25NO4. The van der Waals surface area contributed by atoms with Crippen LogP contribution in [0.5, 0.6) is 5.75 Å². The van der Waals surface area contributed by atoms with Crippen LogP contribution in [0.4, 0.5) is 5.69 Å². The van der Waals surface area contributed by atoms with Gasteiger partial charge in [-0.25, -0.2) is 4.79 Å². The number of esters is 1. The minimum absolute atomic E-state index is 0.279. The standard InChI is InChI=1S/C21H25NO4/c1-13(2)16-11-10-14(3)12-19(16)26-15(4)20(23)22-18-9-7-6-8-17(18)21(24)25-5/h6-13,15H,1-5H3,(H,22,23). The molecule has 0 saturated carbocycles. The highest BCUT2D eigenvalue weighted by Crippen LogP contribution is 2.28. The molecule has 0 fully saturated rings. The van der Waals surface area contributed by atoms with E-state index in [9.17, 15) is 9.59 Å². The van der Waals surface area contributed by atoms with E-state index in [1.165, 1.54) is 7.11 Å². The molecule has 2 aromatic carbocycles. The van der Waals surface area contributed by atoms with Gasteiger partial charge in [-0.1, -0.05) is 38.1 Å². The first-order chi connectivity index (χ1) is 12.3. The molecule has 1 N–H and O–H groups in total. The number of para-hydroxylation sites is 1. The van der Waals surface area contributed by atoms with Crippen molar-refractivity contribution in [2.75, 3.05) is 12.4 Å². The lowest BCUT2D eigenvalue weighted by Crippen LogP contribution is -2.31. The van der Waals surface area contributed by atoms with E-state index < -0.39 is 12.1 Å². The van der Waals surface area contributed by atoms with E-state index in [0.29, 0.717) is 17.0 Å². The minimum atomic E-state index is -0.722. The van der Waals surface area contributed by atoms with Gasteiger partial charge in [-0.15, -0.1) is 0 Å². The van der Waals surface area contributed by atoms with Gasteiger partial charge in [-0.3, -0.25) is 4.79 Å². The number of carbonyl (C=O) groups is 2. The van der Waals surface area contributed by atoms with Gasteiger partial charge >= 0.3 is 5.97 Å². The summed E-state index contributed by atoms with van der Waals surface area (Å²) in [7, 11) is 1.30. The van der Waals surface area contributed by atoms with Gasteiger partial charge in [0.25, 0.3) is 5.91 Å². The zero-order chi connectivity index (χ0) is 19.3. The largest absolute Gasteiger partial charge is 0.481 e. The average Bonchev–Trinajstić information content (AvgIpc) is 2.61. The molecule has 0 saturated heterocycles. The summed E-state index contributed by atoms with van der Waals surface area (Å²) in [5, 5.41) is 2.74. The Morgan fingerprint density at radius 3 is 2.38 bits per heavy atom. The van der Waals surface area contributed by atoms with Gasteiger partial charge in [0.1, 0.15) is 5.75 Å². The maximum Gasteiger partial charge on any atom is 0.339 e. The number of amides is 1. The number of aryl methyl sites for hydroxylation is 1. The molecule has 0 radical (unpaired) electrons. The molecule has 5 nitrogen and oxygen atoms in total. The third-order valence-corrected chi connectivity index (χ3v) is 4.05. The number of benzene rings is 2. The van der Waals surface area contributed by atoms with Crippen LogP contribution >= 0.6 is 0 Å². The van der Waals surface area contributed by atoms with E-state index in [1.54, 1.807) is 31.2 Å². The molecular weight excluding hydrogens is 330 g/mol. The second-order valence-electron chi connectivity index (χ2n) is 6.48. The van der Waals surface area contributed by atoms with Crippen LogP contribution in [-0.2, 0) is 9.53 Å². The predicted octanol–water partition coefficient (Wildman–Crippen LogP) is 4.31. The molecule has 0 aliphatic heterocycles. The summed E-state index contributed by atoms with van der Waals surface area (Å²) in [5.74, 6) is 0.137. The van der Waals surface area contributed by atoms with Crippen LogP contribution in [-0.4, -0.2) is 25.1 Å². The summed E-state index contributed by atoms with van der Waals surface area (Å²) in [6.07, 6.45) is -0.722. The van der Waals surface area contributed by atoms with Gasteiger partial charge in [0.2, 0.25) is 0 Å². The van der Waals surface area contributed by atoms with Crippen LogP contribution in [0.2, 0.25) is 0 Å². The van der Waals surface area contributed by atoms with Crippen molar-refractivity contribution in [3.8, 4) is 5.75 Å². The fraction of sp³-hybridized carbons (Fsp3) is 0.333. The molecule has 1 atom stereocenters. The molecule has 1 amide bonds. The van der Waals surface area contributed by atoms with E-state index in [0.717, 1.165) is 11.1 Å². The molecule has 0 aliphatic carbocycles. The van der Waals surface area contributed by atoms with Crippen molar-refractivity contribution in [3.05, 3.63) is 59.2 Å². The van der Waals surface area contributed by atoms with Crippen LogP contribution in [0.1, 0.15) is 48.2 Å². The zero-order valence-corrected chi connectivity index (χ0v) is 15.8. The topological polar surface area (TPSA) is 64.6 Å². The Bertz CT molecular complexity index is 798. The Balaban J connectivity index is 2.17. The van der Waals surface area contributed by atoms with Crippen LogP contribution in [0.15, 0.2) is 42.5 Å². The second-order valence-corrected chi connectivity index (χ2v) is 6.48. The summed E-state index contributed by atoms with van der Waals surface area (Å²) < 4.78 is 10.7. The molecule has 5 heteroatoms. The van der Waals surface area contributed by atoms with E-state index in [-0.39, 0.29) is 11.8 Å². The number of methoxy groups -OCH3 is 1. The number of nitrogens with one attached hydrogen (secondary N) is 1. The molecule has 0 aromatic heterocycles. The van der Waals surface area contributed by atoms with Gasteiger partial charge in [0.15, 0.2) is 6.10 Å². The number of anilines is 1. The van der Waals surface area contributed by atoms with Crippen molar-refractivity contribution in [3.63, 3.8) is 0 Å². The lowest BCUT2D eigenvalue weighted by Gasteiger charge is -2.20. The molecule has 0 heterocycles. The first kappa shape index (κ1) is 19.5. The maximum absolute atomic E-state index is 12.6. The average molecular weight is 355 g/mol. The first-order valence-corrected chi connectivity index (χ1v) is 8.59. The van der Waals surface area contributed by atoms with Crippen molar-refractivity contribution in [2.45, 2.75) is 39.7 Å². The number of ether oxygens (including phenoxy) is 2. The molecule has 0 spiro atoms. The summed E-state index contributed by atoms with van der Waals surface area (Å²) in [6.45, 7) is 7.82. The van der Waals surface area contributed by atoms with E-state index in [4.69, 9.17) is 9.47 Å². The third kappa shape index (κ3) is 4.63. The second kappa shape index (κ2) is 8.52. The first-order valence-electron chi connectivity index (χ1n) is 8.59. The van der Waals surface area contributed by atoms with Crippen molar-refractivity contribution >= 4 is 17.6 Å². The van der Waals surface area contributed by atoms with Crippen LogP contribution < -0.4 is 10.1 Å². The van der Waals surface area contributed by atoms with Crippen molar-refractivity contribution in [1.29, 1.82) is 0 Å². The highest BCUT2D eigenvalue weighted by molar-refractivity contribution is 6.02. The van der Waals surface area contributed by atoms with Crippen LogP contribution in [0.25, 0.3) is 0 Å². The summed E-state index contributed by atoms with van der Waals surface area (Å²) >= 11 is 0. The van der Waals surface area contributed by atoms with Crippen LogP contribution in [0, 0.1) is 6.92 Å². The molecule has 0 bridgehead atoms. The summed E-state index contributed by atoms with van der Waals surface area (Å²) in [5.41, 5.74) is 2.81. The van der Waals surface area contributed by atoms with E-state index >= 15 is 0 Å². The Morgan fingerprint density at radius 1 is 1.04 bits per heavy atom. The van der Waals surface area contributed by atoms with Gasteiger partial charge < -0.3 is 14.8 Å². The Morgan fingerprint density at radius 2 is 1.73 bits per heavy atom. The normalized spacial score (nSPS) is 11.8. The highest BCUT2D eigenvalue weighted by atomic mass is 16.5. The number of carbonyl (C=O) groups excluding carboxylic acids is 2. The molecule has 1 unspecified atom stereocenters. The lowest BCUT2D eigenvalue weighted by atomic mass is 10.0. The SMILES string of the molecule is COC(=O)c1ccccc1NC(=O)C(C)Oc1cc(C)ccc1C(C)C. The number of hydrogen-bond donors (Lipinski definition) is 1. The highest BCUT2D eigenvalue weighted by Gasteiger charge is 2.20. The fourth-order valence-corrected chi connectivity index (χ4v) is 2.58. The molecule has 0 aliphatic rings. The summed E-state index contributed by atoms with van der Waals surface area (Å²) in [4.78, 5) is 24.4. The third-order valence-electron chi connectivity index (χ3n) is 4.05. The smallest absolute Gasteiger partial charge is 0.339 e.